The Bertz CT molecular complexity index is 1280. The minimum absolute atomic E-state index is 0.0230. The van der Waals surface area contributed by atoms with Crippen LogP contribution in [0.15, 0.2) is 77.0 Å². The highest BCUT2D eigenvalue weighted by atomic mass is 32.2. The molecule has 0 aliphatic carbocycles. The molecule has 31 heavy (non-hydrogen) atoms. The molecule has 0 saturated heterocycles. The predicted octanol–water partition coefficient (Wildman–Crippen LogP) is 5.85. The fraction of sp³-hybridized carbons (Fsp3) is 0.0500. The third-order valence-electron chi connectivity index (χ3n) is 4.26. The Labute approximate surface area is 177 Å². The SMILES string of the molecule is O=[N+]([O-])c1c(Nc2ccccc2C(F)(F)F)ncnc1Sc1cccc2cccnc12. The van der Waals surface area contributed by atoms with Crippen molar-refractivity contribution in [2.24, 2.45) is 0 Å². The average Bonchev–Trinajstić information content (AvgIpc) is 2.73. The quantitative estimate of drug-likeness (QED) is 0.235. The summed E-state index contributed by atoms with van der Waals surface area (Å²) in [6, 6.07) is 13.7. The number of aromatic nitrogens is 3. The summed E-state index contributed by atoms with van der Waals surface area (Å²) in [5.41, 5.74) is -1.22. The molecule has 2 aromatic carbocycles. The molecular weight excluding hydrogens is 431 g/mol. The Morgan fingerprint density at radius 3 is 2.52 bits per heavy atom. The van der Waals surface area contributed by atoms with E-state index in [2.05, 4.69) is 20.3 Å². The van der Waals surface area contributed by atoms with Crippen LogP contribution >= 0.6 is 11.8 Å². The number of hydrogen-bond acceptors (Lipinski definition) is 7. The Morgan fingerprint density at radius 1 is 0.968 bits per heavy atom. The van der Waals surface area contributed by atoms with Crippen LogP contribution in [-0.4, -0.2) is 19.9 Å². The van der Waals surface area contributed by atoms with Gasteiger partial charge in [-0.1, -0.05) is 42.1 Å². The number of para-hydroxylation sites is 2. The molecule has 1 N–H and O–H groups in total. The van der Waals surface area contributed by atoms with Gasteiger partial charge < -0.3 is 5.32 Å². The minimum atomic E-state index is -4.64. The summed E-state index contributed by atoms with van der Waals surface area (Å²) in [5, 5.41) is 15.1. The molecule has 7 nitrogen and oxygen atoms in total. The molecule has 11 heteroatoms. The van der Waals surface area contributed by atoms with Gasteiger partial charge in [0.25, 0.3) is 0 Å². The first-order valence-electron chi connectivity index (χ1n) is 8.79. The molecule has 4 rings (SSSR count). The first-order valence-corrected chi connectivity index (χ1v) is 9.60. The van der Waals surface area contributed by atoms with Crippen LogP contribution in [0.3, 0.4) is 0 Å². The lowest BCUT2D eigenvalue weighted by molar-refractivity contribution is -0.387. The maximum atomic E-state index is 13.3. The molecule has 2 aromatic heterocycles. The topological polar surface area (TPSA) is 93.8 Å². The van der Waals surface area contributed by atoms with Crippen molar-refractivity contribution in [2.75, 3.05) is 5.32 Å². The largest absolute Gasteiger partial charge is 0.418 e. The second-order valence-electron chi connectivity index (χ2n) is 6.23. The van der Waals surface area contributed by atoms with E-state index in [1.165, 1.54) is 18.2 Å². The monoisotopic (exact) mass is 443 g/mol. The molecular formula is C20H12F3N5O2S. The van der Waals surface area contributed by atoms with Crippen LogP contribution < -0.4 is 5.32 Å². The van der Waals surface area contributed by atoms with Gasteiger partial charge in [-0.15, -0.1) is 0 Å². The fourth-order valence-corrected chi connectivity index (χ4v) is 3.91. The Morgan fingerprint density at radius 2 is 1.74 bits per heavy atom. The third-order valence-corrected chi connectivity index (χ3v) is 5.30. The highest BCUT2D eigenvalue weighted by Crippen LogP contribution is 2.41. The van der Waals surface area contributed by atoms with Gasteiger partial charge in [0.1, 0.15) is 6.33 Å². The molecule has 0 bridgehead atoms. The zero-order valence-electron chi connectivity index (χ0n) is 15.5. The first-order chi connectivity index (χ1) is 14.8. The summed E-state index contributed by atoms with van der Waals surface area (Å²) in [6.45, 7) is 0. The standard InChI is InChI=1S/C20H12F3N5O2S/c21-20(22,23)13-7-1-2-8-14(13)27-18-17(28(29)30)19(26-11-25-18)31-15-9-3-5-12-6-4-10-24-16(12)15/h1-11H,(H,25,26,27). The van der Waals surface area contributed by atoms with E-state index in [4.69, 9.17) is 0 Å². The normalized spacial score (nSPS) is 11.5. The van der Waals surface area contributed by atoms with Gasteiger partial charge in [-0.05, 0) is 24.3 Å². The lowest BCUT2D eigenvalue weighted by Crippen LogP contribution is -2.10. The number of halogens is 3. The first kappa shape index (κ1) is 20.5. The van der Waals surface area contributed by atoms with Crippen LogP contribution in [0.5, 0.6) is 0 Å². The lowest BCUT2D eigenvalue weighted by atomic mass is 10.1. The fourth-order valence-electron chi connectivity index (χ4n) is 2.92. The molecule has 0 amide bonds. The number of nitrogens with zero attached hydrogens (tertiary/aromatic N) is 4. The Balaban J connectivity index is 1.77. The van der Waals surface area contributed by atoms with E-state index in [0.29, 0.717) is 10.4 Å². The Kier molecular flexibility index (Phi) is 5.42. The van der Waals surface area contributed by atoms with Crippen molar-refractivity contribution < 1.29 is 18.1 Å². The third kappa shape index (κ3) is 4.26. The lowest BCUT2D eigenvalue weighted by Gasteiger charge is -2.14. The summed E-state index contributed by atoms with van der Waals surface area (Å²) < 4.78 is 39.9. The van der Waals surface area contributed by atoms with Gasteiger partial charge in [-0.2, -0.15) is 13.2 Å². The number of fused-ring (bicyclic) bond motifs is 1. The smallest absolute Gasteiger partial charge is 0.334 e. The van der Waals surface area contributed by atoms with E-state index in [1.807, 2.05) is 12.1 Å². The minimum Gasteiger partial charge on any atom is -0.334 e. The highest BCUT2D eigenvalue weighted by molar-refractivity contribution is 7.99. The van der Waals surface area contributed by atoms with Crippen LogP contribution in [0, 0.1) is 10.1 Å². The molecule has 0 saturated carbocycles. The number of hydrogen-bond donors (Lipinski definition) is 1. The molecule has 0 fully saturated rings. The summed E-state index contributed by atoms with van der Waals surface area (Å²) in [6.07, 6.45) is -1.98. The second kappa shape index (κ2) is 8.19. The van der Waals surface area contributed by atoms with Crippen LogP contribution in [0.4, 0.5) is 30.4 Å². The summed E-state index contributed by atoms with van der Waals surface area (Å²) in [4.78, 5) is 23.8. The van der Waals surface area contributed by atoms with E-state index < -0.39 is 22.4 Å². The van der Waals surface area contributed by atoms with Crippen molar-refractivity contribution in [3.8, 4) is 0 Å². The number of nitrogens with one attached hydrogen (secondary N) is 1. The van der Waals surface area contributed by atoms with Crippen molar-refractivity contribution in [2.45, 2.75) is 16.1 Å². The predicted molar refractivity (Wildman–Crippen MR) is 109 cm³/mol. The van der Waals surface area contributed by atoms with Gasteiger partial charge in [0, 0.05) is 16.5 Å². The van der Waals surface area contributed by atoms with Crippen LogP contribution in [-0.2, 0) is 6.18 Å². The number of nitro groups is 1. The zero-order valence-corrected chi connectivity index (χ0v) is 16.3. The molecule has 0 radical (unpaired) electrons. The van der Waals surface area contributed by atoms with E-state index in [1.54, 1.807) is 24.4 Å². The Hall–Kier alpha value is -3.73. The summed E-state index contributed by atoms with van der Waals surface area (Å²) in [5.74, 6) is -0.340. The van der Waals surface area contributed by atoms with Crippen molar-refractivity contribution >= 4 is 39.9 Å². The summed E-state index contributed by atoms with van der Waals surface area (Å²) >= 11 is 0.989. The maximum absolute atomic E-state index is 13.3. The van der Waals surface area contributed by atoms with Gasteiger partial charge in [-0.25, -0.2) is 9.97 Å². The summed E-state index contributed by atoms with van der Waals surface area (Å²) in [7, 11) is 0. The number of rotatable bonds is 5. The van der Waals surface area contributed by atoms with Gasteiger partial charge in [0.2, 0.25) is 5.82 Å². The van der Waals surface area contributed by atoms with Crippen LogP contribution in [0.25, 0.3) is 10.9 Å². The van der Waals surface area contributed by atoms with E-state index in [-0.39, 0.29) is 16.5 Å². The van der Waals surface area contributed by atoms with Gasteiger partial charge in [0.05, 0.1) is 21.7 Å². The second-order valence-corrected chi connectivity index (χ2v) is 7.27. The number of alkyl halides is 3. The molecule has 0 aliphatic rings. The van der Waals surface area contributed by atoms with Crippen molar-refractivity contribution in [1.82, 2.24) is 15.0 Å². The number of anilines is 2. The van der Waals surface area contributed by atoms with Crippen molar-refractivity contribution in [1.29, 1.82) is 0 Å². The number of pyridine rings is 1. The average molecular weight is 443 g/mol. The molecule has 0 aliphatic heterocycles. The molecule has 4 aromatic rings. The molecule has 156 valence electrons. The maximum Gasteiger partial charge on any atom is 0.418 e. The van der Waals surface area contributed by atoms with Crippen molar-refractivity contribution in [3.63, 3.8) is 0 Å². The zero-order chi connectivity index (χ0) is 22.0. The van der Waals surface area contributed by atoms with Crippen molar-refractivity contribution in [3.05, 3.63) is 82.8 Å². The van der Waals surface area contributed by atoms with E-state index >= 15 is 0 Å². The van der Waals surface area contributed by atoms with Crippen LogP contribution in [0.2, 0.25) is 0 Å². The van der Waals surface area contributed by atoms with Gasteiger partial charge in [-0.3, -0.25) is 15.1 Å². The number of benzene rings is 2. The molecule has 0 unspecified atom stereocenters. The molecule has 0 spiro atoms. The molecule has 0 atom stereocenters. The van der Waals surface area contributed by atoms with Crippen LogP contribution in [0.1, 0.15) is 5.56 Å². The highest BCUT2D eigenvalue weighted by Gasteiger charge is 2.34. The molecule has 2 heterocycles. The van der Waals surface area contributed by atoms with Gasteiger partial charge >= 0.3 is 11.9 Å². The van der Waals surface area contributed by atoms with E-state index in [0.717, 1.165) is 29.5 Å². The van der Waals surface area contributed by atoms with E-state index in [9.17, 15) is 23.3 Å². The van der Waals surface area contributed by atoms with Gasteiger partial charge in [0.15, 0.2) is 5.03 Å².